The molecule has 0 fully saturated rings. The maximum atomic E-state index is 10.2. The smallest absolute Gasteiger partial charge is 0.235 e. The highest BCUT2D eigenvalue weighted by atomic mass is 79.9. The summed E-state index contributed by atoms with van der Waals surface area (Å²) < 4.78 is 2.87. The number of nitrogens with zero attached hydrogens (tertiary/aromatic N) is 3. The van der Waals surface area contributed by atoms with Crippen molar-refractivity contribution in [2.75, 3.05) is 5.32 Å². The topological polar surface area (TPSA) is 62.5 Å². The van der Waals surface area contributed by atoms with Gasteiger partial charge in [-0.05, 0) is 42.5 Å². The van der Waals surface area contributed by atoms with E-state index in [1.807, 2.05) is 53.1 Å². The second-order valence-electron chi connectivity index (χ2n) is 5.25. The number of anilines is 2. The number of benzene rings is 2. The van der Waals surface area contributed by atoms with Gasteiger partial charge in [0.1, 0.15) is 17.3 Å². The fourth-order valence-corrected chi connectivity index (χ4v) is 2.80. The van der Waals surface area contributed by atoms with Crippen LogP contribution in [0.2, 0.25) is 0 Å². The molecule has 0 saturated heterocycles. The van der Waals surface area contributed by atoms with E-state index in [9.17, 15) is 5.11 Å². The molecule has 118 valence electrons. The molecule has 2 heterocycles. The molecule has 0 aliphatic rings. The number of phenols is 1. The number of hydrogen-bond donors (Lipinski definition) is 2. The van der Waals surface area contributed by atoms with Crippen LogP contribution in [0.15, 0.2) is 71.5 Å². The van der Waals surface area contributed by atoms with E-state index in [-0.39, 0.29) is 5.75 Å². The predicted octanol–water partition coefficient (Wildman–Crippen LogP) is 4.61. The summed E-state index contributed by atoms with van der Waals surface area (Å²) in [5, 5.41) is 13.6. The zero-order chi connectivity index (χ0) is 16.5. The molecule has 0 spiro atoms. The van der Waals surface area contributed by atoms with E-state index in [1.54, 1.807) is 18.3 Å². The summed E-state index contributed by atoms with van der Waals surface area (Å²) in [6, 6.07) is 16.8. The van der Waals surface area contributed by atoms with Crippen LogP contribution in [0.25, 0.3) is 17.0 Å². The van der Waals surface area contributed by atoms with Crippen molar-refractivity contribution >= 4 is 33.2 Å². The van der Waals surface area contributed by atoms with Gasteiger partial charge in [0.2, 0.25) is 5.78 Å². The number of imidazole rings is 1. The number of fused-ring (bicyclic) bond motifs is 1. The summed E-state index contributed by atoms with van der Waals surface area (Å²) >= 11 is 3.44. The number of halogens is 1. The zero-order valence-electron chi connectivity index (χ0n) is 12.5. The van der Waals surface area contributed by atoms with Gasteiger partial charge in [0.15, 0.2) is 0 Å². The Bertz CT molecular complexity index is 1010. The molecule has 0 saturated carbocycles. The van der Waals surface area contributed by atoms with E-state index in [2.05, 4.69) is 31.2 Å². The highest BCUT2D eigenvalue weighted by Crippen LogP contribution is 2.35. The number of phenolic OH excluding ortho intramolecular Hbond substituents is 1. The number of aromatic hydroxyl groups is 1. The third-order valence-corrected chi connectivity index (χ3v) is 4.20. The molecule has 0 atom stereocenters. The van der Waals surface area contributed by atoms with Crippen LogP contribution in [0, 0.1) is 0 Å². The predicted molar refractivity (Wildman–Crippen MR) is 97.5 cm³/mol. The molecule has 0 unspecified atom stereocenters. The Morgan fingerprint density at radius 3 is 2.58 bits per heavy atom. The number of nitrogens with one attached hydrogen (secondary N) is 1. The molecule has 4 aromatic rings. The lowest BCUT2D eigenvalue weighted by atomic mass is 10.1. The Hall–Kier alpha value is -2.86. The van der Waals surface area contributed by atoms with Crippen molar-refractivity contribution in [3.05, 3.63) is 71.5 Å². The van der Waals surface area contributed by atoms with Crippen LogP contribution < -0.4 is 5.32 Å². The molecule has 6 heteroatoms. The minimum absolute atomic E-state index is 0.180. The molecule has 2 aromatic heterocycles. The first kappa shape index (κ1) is 14.7. The summed E-state index contributed by atoms with van der Waals surface area (Å²) in [5.41, 5.74) is 2.22. The molecule has 0 amide bonds. The number of aromatic nitrogens is 3. The van der Waals surface area contributed by atoms with Gasteiger partial charge >= 0.3 is 0 Å². The Balaban J connectivity index is 1.90. The van der Waals surface area contributed by atoms with Crippen LogP contribution in [0.1, 0.15) is 0 Å². The lowest BCUT2D eigenvalue weighted by molar-refractivity contribution is 0.477. The molecule has 0 aliphatic carbocycles. The lowest BCUT2D eigenvalue weighted by Gasteiger charge is -2.09. The molecule has 2 N–H and O–H groups in total. The maximum Gasteiger partial charge on any atom is 0.235 e. The summed E-state index contributed by atoms with van der Waals surface area (Å²) in [7, 11) is 0. The van der Waals surface area contributed by atoms with E-state index < -0.39 is 0 Å². The molecule has 0 radical (unpaired) electrons. The minimum atomic E-state index is 0.180. The van der Waals surface area contributed by atoms with Crippen molar-refractivity contribution in [2.24, 2.45) is 0 Å². The van der Waals surface area contributed by atoms with E-state index in [0.717, 1.165) is 16.0 Å². The van der Waals surface area contributed by atoms with E-state index in [1.165, 1.54) is 0 Å². The van der Waals surface area contributed by atoms with Crippen LogP contribution in [-0.2, 0) is 0 Å². The van der Waals surface area contributed by atoms with E-state index in [4.69, 9.17) is 0 Å². The fraction of sp³-hybridized carbons (Fsp3) is 0. The van der Waals surface area contributed by atoms with Gasteiger partial charge in [0.25, 0.3) is 0 Å². The first-order valence-corrected chi connectivity index (χ1v) is 8.16. The van der Waals surface area contributed by atoms with Gasteiger partial charge in [0, 0.05) is 28.1 Å². The standard InChI is InChI=1S/C18H13BrN4O/c19-12-6-8-13(9-7-12)21-17-16(14-4-1-2-5-15(14)24)22-18-20-10-3-11-23(17)18/h1-11,21,24H. The zero-order valence-corrected chi connectivity index (χ0v) is 14.1. The summed E-state index contributed by atoms with van der Waals surface area (Å²) in [4.78, 5) is 8.87. The van der Waals surface area contributed by atoms with Gasteiger partial charge in [-0.3, -0.25) is 4.40 Å². The monoisotopic (exact) mass is 380 g/mol. The average molecular weight is 381 g/mol. The number of hydrogen-bond acceptors (Lipinski definition) is 4. The third kappa shape index (κ3) is 2.61. The first-order valence-electron chi connectivity index (χ1n) is 7.36. The molecule has 4 rings (SSSR count). The van der Waals surface area contributed by atoms with Crippen LogP contribution in [0.5, 0.6) is 5.75 Å². The van der Waals surface area contributed by atoms with Crippen molar-refractivity contribution in [3.8, 4) is 17.0 Å². The van der Waals surface area contributed by atoms with Crippen molar-refractivity contribution in [2.45, 2.75) is 0 Å². The number of rotatable bonds is 3. The molecule has 5 nitrogen and oxygen atoms in total. The Morgan fingerprint density at radius 2 is 1.79 bits per heavy atom. The summed E-state index contributed by atoms with van der Waals surface area (Å²) in [6.45, 7) is 0. The van der Waals surface area contributed by atoms with Crippen LogP contribution in [0.3, 0.4) is 0 Å². The lowest BCUT2D eigenvalue weighted by Crippen LogP contribution is -1.97. The third-order valence-electron chi connectivity index (χ3n) is 3.67. The van der Waals surface area contributed by atoms with Crippen LogP contribution in [-0.4, -0.2) is 19.5 Å². The minimum Gasteiger partial charge on any atom is -0.507 e. The van der Waals surface area contributed by atoms with Crippen LogP contribution in [0.4, 0.5) is 11.5 Å². The quantitative estimate of drug-likeness (QED) is 0.544. The molecular weight excluding hydrogens is 368 g/mol. The normalized spacial score (nSPS) is 10.9. The van der Waals surface area contributed by atoms with Crippen molar-refractivity contribution in [1.29, 1.82) is 0 Å². The molecule has 0 aliphatic heterocycles. The van der Waals surface area contributed by atoms with Crippen molar-refractivity contribution < 1.29 is 5.11 Å². The molecule has 2 aromatic carbocycles. The highest BCUT2D eigenvalue weighted by molar-refractivity contribution is 9.10. The first-order chi connectivity index (χ1) is 11.7. The van der Waals surface area contributed by atoms with Gasteiger partial charge in [-0.1, -0.05) is 28.1 Å². The summed E-state index contributed by atoms with van der Waals surface area (Å²) in [5.74, 6) is 1.50. The van der Waals surface area contributed by atoms with Gasteiger partial charge in [0.05, 0.1) is 0 Å². The van der Waals surface area contributed by atoms with E-state index >= 15 is 0 Å². The van der Waals surface area contributed by atoms with E-state index in [0.29, 0.717) is 17.0 Å². The Morgan fingerprint density at radius 1 is 1.00 bits per heavy atom. The van der Waals surface area contributed by atoms with Gasteiger partial charge in [-0.2, -0.15) is 0 Å². The average Bonchev–Trinajstić information content (AvgIpc) is 2.96. The van der Waals surface area contributed by atoms with Crippen molar-refractivity contribution in [1.82, 2.24) is 14.4 Å². The SMILES string of the molecule is Oc1ccccc1-c1nc2ncccn2c1Nc1ccc(Br)cc1. The van der Waals surface area contributed by atoms with Crippen molar-refractivity contribution in [3.63, 3.8) is 0 Å². The molecule has 24 heavy (non-hydrogen) atoms. The fourth-order valence-electron chi connectivity index (χ4n) is 2.54. The van der Waals surface area contributed by atoms with Gasteiger partial charge < -0.3 is 10.4 Å². The van der Waals surface area contributed by atoms with Gasteiger partial charge in [-0.25, -0.2) is 9.97 Å². The molecular formula is C18H13BrN4O. The Labute approximate surface area is 146 Å². The summed E-state index contributed by atoms with van der Waals surface area (Å²) in [6.07, 6.45) is 3.58. The second kappa shape index (κ2) is 5.98. The molecule has 0 bridgehead atoms. The maximum absolute atomic E-state index is 10.2. The largest absolute Gasteiger partial charge is 0.507 e. The Kier molecular flexibility index (Phi) is 3.66. The second-order valence-corrected chi connectivity index (χ2v) is 6.16. The van der Waals surface area contributed by atoms with Gasteiger partial charge in [-0.15, -0.1) is 0 Å². The highest BCUT2D eigenvalue weighted by Gasteiger charge is 2.17. The van der Waals surface area contributed by atoms with Crippen LogP contribution >= 0.6 is 15.9 Å². The number of para-hydroxylation sites is 1.